The topological polar surface area (TPSA) is 44.9 Å². The summed E-state index contributed by atoms with van der Waals surface area (Å²) in [5.41, 5.74) is 1.97. The number of nitrogens with one attached hydrogen (secondary N) is 2. The minimum absolute atomic E-state index is 0.241. The molecule has 2 aromatic heterocycles. The molecule has 23 heavy (non-hydrogen) atoms. The molecule has 3 rings (SSSR count). The van der Waals surface area contributed by atoms with Crippen molar-refractivity contribution >= 4 is 35.1 Å². The summed E-state index contributed by atoms with van der Waals surface area (Å²) in [6.07, 6.45) is 1.69. The van der Waals surface area contributed by atoms with E-state index in [4.69, 9.17) is 12.2 Å². The number of amides is 1. The number of thiophene rings is 1. The van der Waals surface area contributed by atoms with Crippen LogP contribution in [0.1, 0.15) is 20.8 Å². The van der Waals surface area contributed by atoms with E-state index in [1.54, 1.807) is 29.7 Å². The number of H-pyrrole nitrogens is 1. The predicted molar refractivity (Wildman–Crippen MR) is 96.3 cm³/mol. The van der Waals surface area contributed by atoms with Crippen LogP contribution in [-0.2, 0) is 0 Å². The summed E-state index contributed by atoms with van der Waals surface area (Å²) in [4.78, 5) is 16.1. The van der Waals surface area contributed by atoms with E-state index in [2.05, 4.69) is 22.1 Å². The van der Waals surface area contributed by atoms with E-state index in [1.165, 1.54) is 0 Å². The maximum Gasteiger partial charge on any atom is 0.258 e. The lowest BCUT2D eigenvalue weighted by Gasteiger charge is -2.05. The third-order valence-corrected chi connectivity index (χ3v) is 4.16. The second-order valence-electron chi connectivity index (χ2n) is 4.68. The summed E-state index contributed by atoms with van der Waals surface area (Å²) in [5.74, 6) is 5.95. The molecule has 1 amide bonds. The van der Waals surface area contributed by atoms with Crippen LogP contribution in [0.2, 0.25) is 0 Å². The van der Waals surface area contributed by atoms with Gasteiger partial charge in [0, 0.05) is 17.4 Å². The summed E-state index contributed by atoms with van der Waals surface area (Å²) in [6, 6.07) is 14.8. The van der Waals surface area contributed by atoms with Gasteiger partial charge >= 0.3 is 0 Å². The molecule has 2 N–H and O–H groups in total. The SMILES string of the molecule is O=C(Nc1cccc(C#Cc2cccs2)c1)c1ccc[nH]c1=S. The van der Waals surface area contributed by atoms with E-state index in [9.17, 15) is 4.79 Å². The number of hydrogen-bond donors (Lipinski definition) is 2. The van der Waals surface area contributed by atoms with Crippen LogP contribution in [0.15, 0.2) is 60.1 Å². The van der Waals surface area contributed by atoms with Crippen LogP contribution in [0.4, 0.5) is 5.69 Å². The largest absolute Gasteiger partial charge is 0.352 e. The van der Waals surface area contributed by atoms with Gasteiger partial charge in [-0.15, -0.1) is 11.3 Å². The molecule has 1 aromatic carbocycles. The molecule has 3 nitrogen and oxygen atoms in total. The van der Waals surface area contributed by atoms with Crippen molar-refractivity contribution in [1.82, 2.24) is 4.98 Å². The fourth-order valence-electron chi connectivity index (χ4n) is 1.96. The zero-order valence-corrected chi connectivity index (χ0v) is 13.6. The number of benzene rings is 1. The second-order valence-corrected chi connectivity index (χ2v) is 6.03. The first kappa shape index (κ1) is 15.2. The Balaban J connectivity index is 1.79. The quantitative estimate of drug-likeness (QED) is 0.536. The van der Waals surface area contributed by atoms with Crippen molar-refractivity contribution in [1.29, 1.82) is 0 Å². The number of hydrogen-bond acceptors (Lipinski definition) is 3. The first-order chi connectivity index (χ1) is 11.2. The Morgan fingerprint density at radius 3 is 2.83 bits per heavy atom. The van der Waals surface area contributed by atoms with Gasteiger partial charge in [0.2, 0.25) is 0 Å². The van der Waals surface area contributed by atoms with Crippen molar-refractivity contribution in [3.8, 4) is 11.8 Å². The minimum Gasteiger partial charge on any atom is -0.352 e. The summed E-state index contributed by atoms with van der Waals surface area (Å²) in [6.45, 7) is 0. The van der Waals surface area contributed by atoms with E-state index < -0.39 is 0 Å². The third-order valence-electron chi connectivity index (χ3n) is 3.03. The van der Waals surface area contributed by atoms with Crippen LogP contribution >= 0.6 is 23.6 Å². The Morgan fingerprint density at radius 1 is 1.13 bits per heavy atom. The highest BCUT2D eigenvalue weighted by Crippen LogP contribution is 2.13. The zero-order chi connectivity index (χ0) is 16.1. The van der Waals surface area contributed by atoms with Crippen LogP contribution in [0, 0.1) is 16.5 Å². The van der Waals surface area contributed by atoms with Gasteiger partial charge in [0.05, 0.1) is 10.4 Å². The van der Waals surface area contributed by atoms with E-state index in [1.807, 2.05) is 41.8 Å². The average molecular weight is 336 g/mol. The monoisotopic (exact) mass is 336 g/mol. The maximum atomic E-state index is 12.3. The Bertz CT molecular complexity index is 947. The molecule has 0 spiro atoms. The number of anilines is 1. The molecule has 0 saturated carbocycles. The minimum atomic E-state index is -0.241. The van der Waals surface area contributed by atoms with Crippen molar-refractivity contribution in [2.45, 2.75) is 0 Å². The normalized spacial score (nSPS) is 9.74. The summed E-state index contributed by atoms with van der Waals surface area (Å²) in [5, 5.41) is 4.83. The van der Waals surface area contributed by atoms with Gasteiger partial charge in [-0.1, -0.05) is 36.2 Å². The Morgan fingerprint density at radius 2 is 2.04 bits per heavy atom. The maximum absolute atomic E-state index is 12.3. The number of aromatic amines is 1. The van der Waals surface area contributed by atoms with Crippen molar-refractivity contribution in [3.63, 3.8) is 0 Å². The number of carbonyl (C=O) groups is 1. The highest BCUT2D eigenvalue weighted by atomic mass is 32.1. The first-order valence-corrected chi connectivity index (χ1v) is 8.16. The van der Waals surface area contributed by atoms with E-state index in [0.29, 0.717) is 15.9 Å². The van der Waals surface area contributed by atoms with Gasteiger partial charge in [-0.25, -0.2) is 0 Å². The van der Waals surface area contributed by atoms with E-state index in [-0.39, 0.29) is 5.91 Å². The molecule has 0 unspecified atom stereocenters. The first-order valence-electron chi connectivity index (χ1n) is 6.87. The number of rotatable bonds is 2. The van der Waals surface area contributed by atoms with Crippen molar-refractivity contribution in [3.05, 3.63) is 80.8 Å². The predicted octanol–water partition coefficient (Wildman–Crippen LogP) is 4.46. The van der Waals surface area contributed by atoms with Gasteiger partial charge in [-0.3, -0.25) is 4.79 Å². The molecule has 0 radical (unpaired) electrons. The molecule has 0 bridgehead atoms. The van der Waals surface area contributed by atoms with Gasteiger partial charge in [-0.2, -0.15) is 0 Å². The van der Waals surface area contributed by atoms with Crippen molar-refractivity contribution in [2.75, 3.05) is 5.32 Å². The number of carbonyl (C=O) groups excluding carboxylic acids is 1. The van der Waals surface area contributed by atoms with Crippen LogP contribution in [0.3, 0.4) is 0 Å². The second kappa shape index (κ2) is 7.05. The van der Waals surface area contributed by atoms with Gasteiger partial charge in [0.25, 0.3) is 5.91 Å². The van der Waals surface area contributed by atoms with Gasteiger partial charge < -0.3 is 10.3 Å². The third kappa shape index (κ3) is 3.95. The van der Waals surface area contributed by atoms with Crippen molar-refractivity contribution in [2.24, 2.45) is 0 Å². The lowest BCUT2D eigenvalue weighted by molar-refractivity contribution is 0.102. The Hall–Kier alpha value is -2.68. The van der Waals surface area contributed by atoms with E-state index >= 15 is 0 Å². The Labute approximate surface area is 143 Å². The smallest absolute Gasteiger partial charge is 0.258 e. The summed E-state index contributed by atoms with van der Waals surface area (Å²) < 4.78 is 0.415. The highest BCUT2D eigenvalue weighted by Gasteiger charge is 2.07. The Kier molecular flexibility index (Phi) is 4.67. The molecule has 112 valence electrons. The van der Waals surface area contributed by atoms with Crippen LogP contribution in [0.25, 0.3) is 0 Å². The number of aromatic nitrogens is 1. The van der Waals surface area contributed by atoms with E-state index in [0.717, 1.165) is 10.4 Å². The molecule has 0 fully saturated rings. The van der Waals surface area contributed by atoms with Gasteiger partial charge in [0.15, 0.2) is 0 Å². The number of pyridine rings is 1. The zero-order valence-electron chi connectivity index (χ0n) is 12.0. The van der Waals surface area contributed by atoms with Gasteiger partial charge in [-0.05, 0) is 41.8 Å². The molecule has 0 atom stereocenters. The molecular formula is C18H12N2OS2. The van der Waals surface area contributed by atoms with Gasteiger partial charge in [0.1, 0.15) is 4.64 Å². The molecule has 2 heterocycles. The fraction of sp³-hybridized carbons (Fsp3) is 0. The lowest BCUT2D eigenvalue weighted by Crippen LogP contribution is -2.12. The van der Waals surface area contributed by atoms with Crippen molar-refractivity contribution < 1.29 is 4.79 Å². The molecular weight excluding hydrogens is 324 g/mol. The highest BCUT2D eigenvalue weighted by molar-refractivity contribution is 7.71. The standard InChI is InChI=1S/C18H12N2OS2/c21-17(16-7-2-10-19-18(16)22)20-14-5-1-4-13(12-14)8-9-15-6-3-11-23-15/h1-7,10-12H,(H,19,22)(H,20,21). The molecule has 0 saturated heterocycles. The average Bonchev–Trinajstić information content (AvgIpc) is 3.07. The summed E-state index contributed by atoms with van der Waals surface area (Å²) in [7, 11) is 0. The molecule has 0 aliphatic carbocycles. The van der Waals surface area contributed by atoms with Crippen LogP contribution in [0.5, 0.6) is 0 Å². The summed E-state index contributed by atoms with van der Waals surface area (Å²) >= 11 is 6.72. The molecule has 3 aromatic rings. The molecule has 0 aliphatic heterocycles. The molecule has 0 aliphatic rings. The van der Waals surface area contributed by atoms with Crippen LogP contribution < -0.4 is 5.32 Å². The van der Waals surface area contributed by atoms with Crippen LogP contribution in [-0.4, -0.2) is 10.9 Å². The fourth-order valence-corrected chi connectivity index (χ4v) is 2.76. The molecule has 5 heteroatoms. The lowest BCUT2D eigenvalue weighted by atomic mass is 10.2.